The number of hydrogen-bond acceptors (Lipinski definition) is 5. The molecule has 0 atom stereocenters. The van der Waals surface area contributed by atoms with E-state index in [2.05, 4.69) is 15.1 Å². The third kappa shape index (κ3) is 7.36. The van der Waals surface area contributed by atoms with Crippen molar-refractivity contribution in [3.05, 3.63) is 11.7 Å². The lowest BCUT2D eigenvalue weighted by Gasteiger charge is -2.19. The third-order valence-electron chi connectivity index (χ3n) is 3.11. The number of carbonyl (C=O) groups excluding carboxylic acids is 1. The average molecular weight is 326 g/mol. The number of aliphatic imine (C=N–C) groups is 1. The Balaban J connectivity index is 0.000000433. The number of methoxy groups -OCH3 is 1. The molecule has 1 heterocycles. The number of carbonyl (C=O) groups is 1. The van der Waals surface area contributed by atoms with Crippen molar-refractivity contribution < 1.29 is 14.1 Å². The molecule has 1 aromatic heterocycles. The Morgan fingerprint density at radius 1 is 1.22 bits per heavy atom. The van der Waals surface area contributed by atoms with Gasteiger partial charge in [0.15, 0.2) is 5.82 Å². The van der Waals surface area contributed by atoms with E-state index in [4.69, 9.17) is 9.26 Å². The molecule has 0 saturated heterocycles. The number of hydrogen-bond donors (Lipinski definition) is 0. The van der Waals surface area contributed by atoms with Gasteiger partial charge in [0.05, 0.1) is 0 Å². The minimum Gasteiger partial charge on any atom is -0.369 e. The van der Waals surface area contributed by atoms with Crippen LogP contribution in [-0.4, -0.2) is 53.6 Å². The minimum absolute atomic E-state index is 0.0265. The Bertz CT molecular complexity index is 540. The Morgan fingerprint density at radius 3 is 2.00 bits per heavy atom. The van der Waals surface area contributed by atoms with Gasteiger partial charge in [-0.25, -0.2) is 0 Å². The van der Waals surface area contributed by atoms with Gasteiger partial charge in [-0.1, -0.05) is 25.9 Å². The maximum absolute atomic E-state index is 11.5. The maximum Gasteiger partial charge on any atom is 0.278 e. The van der Waals surface area contributed by atoms with Crippen LogP contribution in [0.15, 0.2) is 9.52 Å². The van der Waals surface area contributed by atoms with Gasteiger partial charge in [0, 0.05) is 26.6 Å². The van der Waals surface area contributed by atoms with E-state index in [0.29, 0.717) is 17.6 Å². The van der Waals surface area contributed by atoms with Crippen molar-refractivity contribution in [2.45, 2.75) is 59.5 Å². The van der Waals surface area contributed by atoms with Crippen molar-refractivity contribution in [1.29, 1.82) is 0 Å². The van der Waals surface area contributed by atoms with Crippen molar-refractivity contribution in [2.75, 3.05) is 21.2 Å². The molecular weight excluding hydrogens is 296 g/mol. The van der Waals surface area contributed by atoms with Crippen LogP contribution in [-0.2, 0) is 14.9 Å². The molecule has 0 fully saturated rings. The van der Waals surface area contributed by atoms with Crippen LogP contribution in [0.4, 0.5) is 0 Å². The molecule has 0 saturated carbocycles. The molecule has 1 aromatic rings. The first-order chi connectivity index (χ1) is 10.3. The minimum atomic E-state index is -0.836. The second-order valence-corrected chi connectivity index (χ2v) is 6.97. The quantitative estimate of drug-likeness (QED) is 0.614. The molecule has 7 nitrogen and oxygen atoms in total. The van der Waals surface area contributed by atoms with Crippen molar-refractivity contribution in [1.82, 2.24) is 15.0 Å². The van der Waals surface area contributed by atoms with Gasteiger partial charge >= 0.3 is 0 Å². The number of rotatable bonds is 2. The standard InChI is InChI=1S/C9H18N2O2.C7H12N2O/c1-7(11(4)5)10-8(12)9(2,3)13-6;1-5-8-6(10-9-5)7(2,3)4/h1-6H3;1-4H3. The van der Waals surface area contributed by atoms with E-state index in [1.165, 1.54) is 7.11 Å². The number of amidine groups is 1. The van der Waals surface area contributed by atoms with E-state index in [1.54, 1.807) is 25.7 Å². The largest absolute Gasteiger partial charge is 0.369 e. The fourth-order valence-electron chi connectivity index (χ4n) is 1.07. The Morgan fingerprint density at radius 2 is 1.74 bits per heavy atom. The maximum atomic E-state index is 11.5. The second kappa shape index (κ2) is 8.19. The monoisotopic (exact) mass is 326 g/mol. The molecule has 0 radical (unpaired) electrons. The van der Waals surface area contributed by atoms with Crippen LogP contribution in [0, 0.1) is 6.92 Å². The normalized spacial score (nSPS) is 12.5. The van der Waals surface area contributed by atoms with Crippen LogP contribution in [0.3, 0.4) is 0 Å². The average Bonchev–Trinajstić information content (AvgIpc) is 2.85. The molecule has 0 aromatic carbocycles. The molecule has 0 aliphatic rings. The van der Waals surface area contributed by atoms with E-state index in [-0.39, 0.29) is 11.3 Å². The lowest BCUT2D eigenvalue weighted by Crippen LogP contribution is -2.34. The molecule has 1 amide bonds. The van der Waals surface area contributed by atoms with E-state index >= 15 is 0 Å². The van der Waals surface area contributed by atoms with Crippen molar-refractivity contribution in [2.24, 2.45) is 4.99 Å². The summed E-state index contributed by atoms with van der Waals surface area (Å²) in [5.74, 6) is 1.81. The topological polar surface area (TPSA) is 80.8 Å². The second-order valence-electron chi connectivity index (χ2n) is 6.97. The van der Waals surface area contributed by atoms with E-state index in [0.717, 1.165) is 0 Å². The molecule has 23 heavy (non-hydrogen) atoms. The third-order valence-corrected chi connectivity index (χ3v) is 3.11. The summed E-state index contributed by atoms with van der Waals surface area (Å²) in [6.45, 7) is 13.1. The fraction of sp³-hybridized carbons (Fsp3) is 0.750. The molecule has 0 N–H and O–H groups in total. The first-order valence-corrected chi connectivity index (χ1v) is 7.44. The van der Waals surface area contributed by atoms with Crippen molar-refractivity contribution >= 4 is 11.7 Å². The molecule has 1 rings (SSSR count). The molecule has 132 valence electrons. The highest BCUT2D eigenvalue weighted by Crippen LogP contribution is 2.19. The number of amides is 1. The van der Waals surface area contributed by atoms with Crippen LogP contribution in [0.1, 0.15) is 53.3 Å². The zero-order chi connectivity index (χ0) is 18.4. The summed E-state index contributed by atoms with van der Waals surface area (Å²) in [5.41, 5.74) is -0.863. The van der Waals surface area contributed by atoms with Crippen molar-refractivity contribution in [3.8, 4) is 0 Å². The summed E-state index contributed by atoms with van der Waals surface area (Å²) in [5, 5.41) is 3.70. The van der Waals surface area contributed by atoms with E-state index < -0.39 is 5.60 Å². The summed E-state index contributed by atoms with van der Waals surface area (Å²) in [6.07, 6.45) is 0. The SMILES string of the molecule is COC(C)(C)C(=O)N=C(C)N(C)C.Cc1noc(C(C)(C)C)n1. The van der Waals surface area contributed by atoms with Gasteiger partial charge < -0.3 is 14.2 Å². The summed E-state index contributed by atoms with van der Waals surface area (Å²) in [7, 11) is 5.18. The number of nitrogens with zero attached hydrogens (tertiary/aromatic N) is 4. The van der Waals surface area contributed by atoms with Gasteiger partial charge in [-0.15, -0.1) is 0 Å². The highest BCUT2D eigenvalue weighted by Gasteiger charge is 2.26. The lowest BCUT2D eigenvalue weighted by molar-refractivity contribution is -0.135. The van der Waals surface area contributed by atoms with Gasteiger partial charge in [0.1, 0.15) is 11.4 Å². The van der Waals surface area contributed by atoms with Crippen LogP contribution in [0.5, 0.6) is 0 Å². The first kappa shape index (κ1) is 21.2. The first-order valence-electron chi connectivity index (χ1n) is 7.44. The Labute approximate surface area is 139 Å². The number of aromatic nitrogens is 2. The summed E-state index contributed by atoms with van der Waals surface area (Å²) in [6, 6.07) is 0. The molecule has 0 spiro atoms. The van der Waals surface area contributed by atoms with Gasteiger partial charge in [-0.05, 0) is 27.7 Å². The molecule has 7 heteroatoms. The van der Waals surface area contributed by atoms with Crippen LogP contribution in [0.25, 0.3) is 0 Å². The van der Waals surface area contributed by atoms with Gasteiger partial charge in [0.25, 0.3) is 5.91 Å². The predicted molar refractivity (Wildman–Crippen MR) is 90.6 cm³/mol. The van der Waals surface area contributed by atoms with Crippen LogP contribution >= 0.6 is 0 Å². The zero-order valence-electron chi connectivity index (χ0n) is 16.0. The van der Waals surface area contributed by atoms with Gasteiger partial charge in [-0.3, -0.25) is 4.79 Å². The highest BCUT2D eigenvalue weighted by molar-refractivity contribution is 5.96. The smallest absolute Gasteiger partial charge is 0.278 e. The summed E-state index contributed by atoms with van der Waals surface area (Å²) < 4.78 is 9.97. The summed E-state index contributed by atoms with van der Waals surface area (Å²) in [4.78, 5) is 21.3. The van der Waals surface area contributed by atoms with Gasteiger partial charge in [-0.2, -0.15) is 9.98 Å². The number of ether oxygens (including phenoxy) is 1. The summed E-state index contributed by atoms with van der Waals surface area (Å²) >= 11 is 0. The zero-order valence-corrected chi connectivity index (χ0v) is 16.0. The molecular formula is C16H30N4O3. The predicted octanol–water partition coefficient (Wildman–Crippen LogP) is 2.59. The molecule has 0 unspecified atom stereocenters. The Kier molecular flexibility index (Phi) is 7.57. The molecule has 0 aliphatic carbocycles. The highest BCUT2D eigenvalue weighted by atomic mass is 16.5. The van der Waals surface area contributed by atoms with Gasteiger partial charge in [0.2, 0.25) is 5.89 Å². The number of aryl methyl sites for hydroxylation is 1. The van der Waals surface area contributed by atoms with E-state index in [1.807, 2.05) is 41.8 Å². The van der Waals surface area contributed by atoms with Crippen LogP contribution < -0.4 is 0 Å². The van der Waals surface area contributed by atoms with E-state index in [9.17, 15) is 4.79 Å². The molecule has 0 bridgehead atoms. The Hall–Kier alpha value is -1.76. The molecule has 0 aliphatic heterocycles. The van der Waals surface area contributed by atoms with Crippen molar-refractivity contribution in [3.63, 3.8) is 0 Å². The lowest BCUT2D eigenvalue weighted by atomic mass is 9.97. The van der Waals surface area contributed by atoms with Crippen LogP contribution in [0.2, 0.25) is 0 Å². The fourth-order valence-corrected chi connectivity index (χ4v) is 1.07.